The van der Waals surface area contributed by atoms with Crippen LogP contribution in [0.5, 0.6) is 0 Å². The van der Waals surface area contributed by atoms with Gasteiger partial charge in [-0.3, -0.25) is 4.79 Å². The largest absolute Gasteiger partial charge is 0.396 e. The Morgan fingerprint density at radius 2 is 2.33 bits per heavy atom. The third-order valence-electron chi connectivity index (χ3n) is 3.06. The summed E-state index contributed by atoms with van der Waals surface area (Å²) in [5.41, 5.74) is 5.59. The van der Waals surface area contributed by atoms with Crippen molar-refractivity contribution in [1.82, 2.24) is 5.32 Å². The molecule has 1 aromatic carbocycles. The van der Waals surface area contributed by atoms with Crippen LogP contribution in [0.1, 0.15) is 29.6 Å². The average molecular weight is 252 g/mol. The lowest BCUT2D eigenvalue weighted by Crippen LogP contribution is -2.35. The summed E-state index contributed by atoms with van der Waals surface area (Å²) in [6, 6.07) is 4.21. The first-order valence-corrected chi connectivity index (χ1v) is 6.12. The Hall–Kier alpha value is -1.62. The van der Waals surface area contributed by atoms with E-state index >= 15 is 0 Å². The highest BCUT2D eigenvalue weighted by atomic mass is 19.1. The van der Waals surface area contributed by atoms with Crippen LogP contribution in [0.2, 0.25) is 0 Å². The third kappa shape index (κ3) is 2.98. The maximum atomic E-state index is 13.2. The number of rotatable bonds is 3. The number of amides is 1. The number of hydrogen-bond acceptors (Lipinski definition) is 3. The van der Waals surface area contributed by atoms with Gasteiger partial charge in [0.25, 0.3) is 5.91 Å². The lowest BCUT2D eigenvalue weighted by molar-refractivity contribution is 0.0169. The highest BCUT2D eigenvalue weighted by molar-refractivity contribution is 5.99. The summed E-state index contributed by atoms with van der Waals surface area (Å²) >= 11 is 0. The van der Waals surface area contributed by atoms with Gasteiger partial charge in [0, 0.05) is 13.2 Å². The number of anilines is 1. The van der Waals surface area contributed by atoms with E-state index in [0.717, 1.165) is 25.9 Å². The zero-order valence-corrected chi connectivity index (χ0v) is 10.1. The van der Waals surface area contributed by atoms with Gasteiger partial charge >= 0.3 is 0 Å². The van der Waals surface area contributed by atoms with E-state index in [2.05, 4.69) is 5.32 Å². The van der Waals surface area contributed by atoms with Crippen LogP contribution in [0.25, 0.3) is 0 Å². The second-order valence-electron chi connectivity index (χ2n) is 4.40. The predicted molar refractivity (Wildman–Crippen MR) is 66.7 cm³/mol. The van der Waals surface area contributed by atoms with Gasteiger partial charge in [0.05, 0.1) is 17.4 Å². The second kappa shape index (κ2) is 5.82. The molecule has 1 saturated heterocycles. The SMILES string of the molecule is Nc1c(F)cccc1C(=O)NCC1CCCCO1. The van der Waals surface area contributed by atoms with Crippen molar-refractivity contribution >= 4 is 11.6 Å². The van der Waals surface area contributed by atoms with Crippen molar-refractivity contribution in [2.24, 2.45) is 0 Å². The molecule has 1 unspecified atom stereocenters. The lowest BCUT2D eigenvalue weighted by Gasteiger charge is -2.22. The molecule has 4 nitrogen and oxygen atoms in total. The summed E-state index contributed by atoms with van der Waals surface area (Å²) < 4.78 is 18.7. The van der Waals surface area contributed by atoms with Crippen LogP contribution in [-0.4, -0.2) is 25.2 Å². The molecular weight excluding hydrogens is 235 g/mol. The van der Waals surface area contributed by atoms with Crippen molar-refractivity contribution in [1.29, 1.82) is 0 Å². The molecule has 2 rings (SSSR count). The van der Waals surface area contributed by atoms with Crippen molar-refractivity contribution in [3.63, 3.8) is 0 Å². The van der Waals surface area contributed by atoms with Crippen molar-refractivity contribution in [3.05, 3.63) is 29.6 Å². The molecule has 1 atom stereocenters. The molecule has 1 heterocycles. The molecule has 98 valence electrons. The van der Waals surface area contributed by atoms with Crippen LogP contribution < -0.4 is 11.1 Å². The van der Waals surface area contributed by atoms with E-state index in [0.29, 0.717) is 6.54 Å². The fourth-order valence-corrected chi connectivity index (χ4v) is 2.01. The number of nitrogen functional groups attached to an aromatic ring is 1. The maximum absolute atomic E-state index is 13.2. The summed E-state index contributed by atoms with van der Waals surface area (Å²) in [6.45, 7) is 1.18. The number of para-hydroxylation sites is 1. The molecule has 1 aliphatic rings. The Labute approximate surface area is 105 Å². The monoisotopic (exact) mass is 252 g/mol. The van der Waals surface area contributed by atoms with Crippen LogP contribution in [0.15, 0.2) is 18.2 Å². The summed E-state index contributed by atoms with van der Waals surface area (Å²) in [5, 5.41) is 2.73. The summed E-state index contributed by atoms with van der Waals surface area (Å²) in [6.07, 6.45) is 3.18. The number of hydrogen-bond donors (Lipinski definition) is 2. The van der Waals surface area contributed by atoms with Gasteiger partial charge in [-0.2, -0.15) is 0 Å². The minimum Gasteiger partial charge on any atom is -0.396 e. The van der Waals surface area contributed by atoms with E-state index < -0.39 is 5.82 Å². The molecule has 18 heavy (non-hydrogen) atoms. The molecular formula is C13H17FN2O2. The number of carbonyl (C=O) groups is 1. The molecule has 1 aromatic rings. The molecule has 1 aliphatic heterocycles. The molecule has 0 saturated carbocycles. The van der Waals surface area contributed by atoms with Crippen molar-refractivity contribution in [2.45, 2.75) is 25.4 Å². The fourth-order valence-electron chi connectivity index (χ4n) is 2.01. The minimum absolute atomic E-state index is 0.0532. The number of carbonyl (C=O) groups excluding carboxylic acids is 1. The number of nitrogens with one attached hydrogen (secondary N) is 1. The van der Waals surface area contributed by atoms with Crippen LogP contribution in [0, 0.1) is 5.82 Å². The van der Waals surface area contributed by atoms with Crippen LogP contribution in [0.3, 0.4) is 0 Å². The standard InChI is InChI=1S/C13H17FN2O2/c14-11-6-3-5-10(12(11)15)13(17)16-8-9-4-1-2-7-18-9/h3,5-6,9H,1-2,4,7-8,15H2,(H,16,17). The van der Waals surface area contributed by atoms with E-state index in [1.165, 1.54) is 18.2 Å². The zero-order valence-electron chi connectivity index (χ0n) is 10.1. The molecule has 0 aliphatic carbocycles. The number of nitrogens with two attached hydrogens (primary N) is 1. The Morgan fingerprint density at radius 3 is 3.06 bits per heavy atom. The molecule has 0 aromatic heterocycles. The molecule has 5 heteroatoms. The molecule has 0 spiro atoms. The predicted octanol–water partition coefficient (Wildman–Crippen LogP) is 1.71. The molecule has 3 N–H and O–H groups in total. The Kier molecular flexibility index (Phi) is 4.15. The first-order chi connectivity index (χ1) is 8.68. The van der Waals surface area contributed by atoms with E-state index in [1.54, 1.807) is 0 Å². The Balaban J connectivity index is 1.93. The zero-order chi connectivity index (χ0) is 13.0. The molecule has 1 amide bonds. The van der Waals surface area contributed by atoms with Crippen molar-refractivity contribution in [2.75, 3.05) is 18.9 Å². The van der Waals surface area contributed by atoms with Crippen molar-refractivity contribution in [3.8, 4) is 0 Å². The first-order valence-electron chi connectivity index (χ1n) is 6.12. The van der Waals surface area contributed by atoms with Gasteiger partial charge in [0.1, 0.15) is 5.82 Å². The molecule has 1 fully saturated rings. The van der Waals surface area contributed by atoms with Crippen LogP contribution >= 0.6 is 0 Å². The van der Waals surface area contributed by atoms with Gasteiger partial charge in [-0.1, -0.05) is 6.07 Å². The van der Waals surface area contributed by atoms with Gasteiger partial charge in [0.2, 0.25) is 0 Å². The quantitative estimate of drug-likeness (QED) is 0.805. The topological polar surface area (TPSA) is 64.4 Å². The van der Waals surface area contributed by atoms with E-state index in [9.17, 15) is 9.18 Å². The third-order valence-corrected chi connectivity index (χ3v) is 3.06. The number of ether oxygens (including phenoxy) is 1. The van der Waals surface area contributed by atoms with Crippen LogP contribution in [0.4, 0.5) is 10.1 Å². The van der Waals surface area contributed by atoms with Crippen molar-refractivity contribution < 1.29 is 13.9 Å². The fraction of sp³-hybridized carbons (Fsp3) is 0.462. The highest BCUT2D eigenvalue weighted by Gasteiger charge is 2.17. The average Bonchev–Trinajstić information content (AvgIpc) is 2.40. The summed E-state index contributed by atoms with van der Waals surface area (Å²) in [5.74, 6) is -0.933. The second-order valence-corrected chi connectivity index (χ2v) is 4.40. The number of halogens is 1. The van der Waals surface area contributed by atoms with Gasteiger partial charge in [-0.15, -0.1) is 0 Å². The van der Waals surface area contributed by atoms with Crippen LogP contribution in [-0.2, 0) is 4.74 Å². The van der Waals surface area contributed by atoms with Gasteiger partial charge < -0.3 is 15.8 Å². The Bertz CT molecular complexity index is 431. The van der Waals surface area contributed by atoms with E-state index in [1.807, 2.05) is 0 Å². The van der Waals surface area contributed by atoms with Gasteiger partial charge in [0.15, 0.2) is 0 Å². The maximum Gasteiger partial charge on any atom is 0.253 e. The van der Waals surface area contributed by atoms with E-state index in [4.69, 9.17) is 10.5 Å². The van der Waals surface area contributed by atoms with Gasteiger partial charge in [-0.05, 0) is 31.4 Å². The molecule has 0 radical (unpaired) electrons. The smallest absolute Gasteiger partial charge is 0.253 e. The number of benzene rings is 1. The lowest BCUT2D eigenvalue weighted by atomic mass is 10.1. The van der Waals surface area contributed by atoms with E-state index in [-0.39, 0.29) is 23.3 Å². The normalized spacial score (nSPS) is 19.5. The highest BCUT2D eigenvalue weighted by Crippen LogP contribution is 2.16. The Morgan fingerprint density at radius 1 is 1.50 bits per heavy atom. The summed E-state index contributed by atoms with van der Waals surface area (Å²) in [4.78, 5) is 11.8. The summed E-state index contributed by atoms with van der Waals surface area (Å²) in [7, 11) is 0. The molecule has 0 bridgehead atoms. The minimum atomic E-state index is -0.573. The first kappa shape index (κ1) is 12.8. The van der Waals surface area contributed by atoms with Gasteiger partial charge in [-0.25, -0.2) is 4.39 Å².